The molecule has 5 heteroatoms. The zero-order chi connectivity index (χ0) is 20.4. The fourth-order valence-electron chi connectivity index (χ4n) is 2.68. The summed E-state index contributed by atoms with van der Waals surface area (Å²) >= 11 is 0. The van der Waals surface area contributed by atoms with Gasteiger partial charge < -0.3 is 14.4 Å². The molecule has 0 saturated heterocycles. The van der Waals surface area contributed by atoms with Crippen molar-refractivity contribution < 1.29 is 19.1 Å². The van der Waals surface area contributed by atoms with Gasteiger partial charge in [0.15, 0.2) is 0 Å². The summed E-state index contributed by atoms with van der Waals surface area (Å²) in [5.41, 5.74) is 1.55. The van der Waals surface area contributed by atoms with Gasteiger partial charge in [0.2, 0.25) is 0 Å². The maximum Gasteiger partial charge on any atom is 0.307 e. The van der Waals surface area contributed by atoms with Crippen molar-refractivity contribution in [3.63, 3.8) is 0 Å². The van der Waals surface area contributed by atoms with E-state index in [2.05, 4.69) is 13.8 Å². The van der Waals surface area contributed by atoms with Crippen LogP contribution in [0.4, 0.5) is 0 Å². The monoisotopic (exact) mass is 383 g/mol. The van der Waals surface area contributed by atoms with Crippen LogP contribution in [0, 0.1) is 5.92 Å². The number of nitrogens with zero attached hydrogens (tertiary/aromatic N) is 1. The van der Waals surface area contributed by atoms with E-state index in [1.807, 2.05) is 42.5 Å². The molecular weight excluding hydrogens is 354 g/mol. The summed E-state index contributed by atoms with van der Waals surface area (Å²) in [6, 6.07) is 16.9. The number of carbonyl (C=O) groups is 2. The molecule has 0 bridgehead atoms. The van der Waals surface area contributed by atoms with Crippen molar-refractivity contribution >= 4 is 11.9 Å². The van der Waals surface area contributed by atoms with Gasteiger partial charge in [-0.15, -0.1) is 0 Å². The van der Waals surface area contributed by atoms with E-state index < -0.39 is 0 Å². The second kappa shape index (κ2) is 11.1. The number of benzene rings is 2. The molecule has 0 aliphatic heterocycles. The van der Waals surface area contributed by atoms with E-state index in [9.17, 15) is 9.59 Å². The molecule has 2 aromatic rings. The number of ether oxygens (including phenoxy) is 2. The van der Waals surface area contributed by atoms with E-state index in [1.54, 1.807) is 24.0 Å². The average Bonchev–Trinajstić information content (AvgIpc) is 2.70. The van der Waals surface area contributed by atoms with Gasteiger partial charge in [0.25, 0.3) is 5.91 Å². The minimum absolute atomic E-state index is 0.136. The predicted octanol–water partition coefficient (Wildman–Crippen LogP) is 4.32. The van der Waals surface area contributed by atoms with Crippen LogP contribution in [-0.4, -0.2) is 36.5 Å². The first-order chi connectivity index (χ1) is 13.5. The topological polar surface area (TPSA) is 55.8 Å². The second-order valence-electron chi connectivity index (χ2n) is 7.00. The molecule has 1 amide bonds. The molecular formula is C23H29NO4. The normalized spacial score (nSPS) is 10.6. The van der Waals surface area contributed by atoms with Crippen molar-refractivity contribution in [1.82, 2.24) is 4.90 Å². The highest BCUT2D eigenvalue weighted by atomic mass is 16.5. The zero-order valence-corrected chi connectivity index (χ0v) is 16.9. The molecule has 0 aliphatic rings. The van der Waals surface area contributed by atoms with Crippen molar-refractivity contribution in [1.29, 1.82) is 0 Å². The Morgan fingerprint density at radius 3 is 2.46 bits per heavy atom. The number of hydrogen-bond donors (Lipinski definition) is 0. The minimum atomic E-state index is -0.303. The third-order valence-electron chi connectivity index (χ3n) is 4.06. The standard InChI is InChI=1S/C23H29NO4/c1-4-27-22(25)13-14-24(16-19-9-6-5-7-10-19)23(26)20-11-8-12-21(15-20)28-17-18(2)3/h5-12,15,18H,4,13-14,16-17H2,1-3H3. The van der Waals surface area contributed by atoms with E-state index in [0.717, 1.165) is 5.56 Å². The fourth-order valence-corrected chi connectivity index (χ4v) is 2.68. The Kier molecular flexibility index (Phi) is 8.53. The molecule has 0 aliphatic carbocycles. The molecule has 0 fully saturated rings. The summed E-state index contributed by atoms with van der Waals surface area (Å²) in [6.07, 6.45) is 0.163. The zero-order valence-electron chi connectivity index (χ0n) is 16.9. The summed E-state index contributed by atoms with van der Waals surface area (Å²) in [6.45, 7) is 7.57. The Bertz CT molecular complexity index is 758. The first-order valence-corrected chi connectivity index (χ1v) is 9.71. The van der Waals surface area contributed by atoms with Crippen LogP contribution in [0.1, 0.15) is 43.1 Å². The van der Waals surface area contributed by atoms with Crippen molar-refractivity contribution in [3.05, 3.63) is 65.7 Å². The van der Waals surface area contributed by atoms with E-state index in [1.165, 1.54) is 0 Å². The third-order valence-corrected chi connectivity index (χ3v) is 4.06. The lowest BCUT2D eigenvalue weighted by Gasteiger charge is -2.23. The van der Waals surface area contributed by atoms with Crippen LogP contribution in [0.15, 0.2) is 54.6 Å². The van der Waals surface area contributed by atoms with Gasteiger partial charge in [0.05, 0.1) is 19.6 Å². The maximum absolute atomic E-state index is 13.1. The molecule has 0 atom stereocenters. The summed E-state index contributed by atoms with van der Waals surface area (Å²) in [7, 11) is 0. The van der Waals surface area contributed by atoms with Gasteiger partial charge in [-0.25, -0.2) is 0 Å². The first-order valence-electron chi connectivity index (χ1n) is 9.71. The number of rotatable bonds is 10. The van der Waals surface area contributed by atoms with Gasteiger partial charge in [-0.2, -0.15) is 0 Å². The van der Waals surface area contributed by atoms with Crippen LogP contribution in [-0.2, 0) is 16.1 Å². The lowest BCUT2D eigenvalue weighted by atomic mass is 10.1. The molecule has 2 rings (SSSR count). The third kappa shape index (κ3) is 7.06. The lowest BCUT2D eigenvalue weighted by molar-refractivity contribution is -0.143. The van der Waals surface area contributed by atoms with Crippen molar-refractivity contribution in [3.8, 4) is 5.75 Å². The maximum atomic E-state index is 13.1. The predicted molar refractivity (Wildman–Crippen MR) is 109 cm³/mol. The molecule has 2 aromatic carbocycles. The van der Waals surface area contributed by atoms with Gasteiger partial charge in [-0.3, -0.25) is 9.59 Å². The van der Waals surface area contributed by atoms with Crippen LogP contribution < -0.4 is 4.74 Å². The summed E-state index contributed by atoms with van der Waals surface area (Å²) in [5.74, 6) is 0.633. The summed E-state index contributed by atoms with van der Waals surface area (Å²) < 4.78 is 10.7. The lowest BCUT2D eigenvalue weighted by Crippen LogP contribution is -2.33. The van der Waals surface area contributed by atoms with Crippen LogP contribution >= 0.6 is 0 Å². The molecule has 0 spiro atoms. The largest absolute Gasteiger partial charge is 0.493 e. The molecule has 150 valence electrons. The summed E-state index contributed by atoms with van der Waals surface area (Å²) in [4.78, 5) is 26.6. The highest BCUT2D eigenvalue weighted by molar-refractivity contribution is 5.94. The van der Waals surface area contributed by atoms with Crippen molar-refractivity contribution in [2.24, 2.45) is 5.92 Å². The Morgan fingerprint density at radius 2 is 1.79 bits per heavy atom. The first kappa shape index (κ1) is 21.5. The number of hydrogen-bond acceptors (Lipinski definition) is 4. The van der Waals surface area contributed by atoms with Crippen LogP contribution in [0.5, 0.6) is 5.75 Å². The molecule has 28 heavy (non-hydrogen) atoms. The quantitative estimate of drug-likeness (QED) is 0.574. The van der Waals surface area contributed by atoms with Crippen LogP contribution in [0.3, 0.4) is 0 Å². The smallest absolute Gasteiger partial charge is 0.307 e. The van der Waals surface area contributed by atoms with Gasteiger partial charge in [-0.1, -0.05) is 50.2 Å². The fraction of sp³-hybridized carbons (Fsp3) is 0.391. The molecule has 5 nitrogen and oxygen atoms in total. The SMILES string of the molecule is CCOC(=O)CCN(Cc1ccccc1)C(=O)c1cccc(OCC(C)C)c1. The molecule has 0 N–H and O–H groups in total. The van der Waals surface area contributed by atoms with Crippen LogP contribution in [0.2, 0.25) is 0 Å². The second-order valence-corrected chi connectivity index (χ2v) is 7.00. The number of amides is 1. The number of esters is 1. The highest BCUT2D eigenvalue weighted by Crippen LogP contribution is 2.17. The van der Waals surface area contributed by atoms with Crippen molar-refractivity contribution in [2.45, 2.75) is 33.7 Å². The van der Waals surface area contributed by atoms with E-state index in [-0.39, 0.29) is 18.3 Å². The van der Waals surface area contributed by atoms with Gasteiger partial charge in [-0.05, 0) is 36.6 Å². The molecule has 0 radical (unpaired) electrons. The molecule has 0 unspecified atom stereocenters. The van der Waals surface area contributed by atoms with Crippen molar-refractivity contribution in [2.75, 3.05) is 19.8 Å². The minimum Gasteiger partial charge on any atom is -0.493 e. The Balaban J connectivity index is 2.15. The Morgan fingerprint density at radius 1 is 1.04 bits per heavy atom. The van der Waals surface area contributed by atoms with E-state index in [4.69, 9.17) is 9.47 Å². The van der Waals surface area contributed by atoms with E-state index in [0.29, 0.717) is 43.5 Å². The van der Waals surface area contributed by atoms with Gasteiger partial charge in [0.1, 0.15) is 5.75 Å². The average molecular weight is 383 g/mol. The van der Waals surface area contributed by atoms with Gasteiger partial charge >= 0.3 is 5.97 Å². The van der Waals surface area contributed by atoms with Crippen LogP contribution in [0.25, 0.3) is 0 Å². The molecule has 0 saturated carbocycles. The number of carbonyl (C=O) groups excluding carboxylic acids is 2. The highest BCUT2D eigenvalue weighted by Gasteiger charge is 2.18. The Hall–Kier alpha value is -2.82. The molecule has 0 heterocycles. The summed E-state index contributed by atoms with van der Waals surface area (Å²) in [5, 5.41) is 0. The van der Waals surface area contributed by atoms with Gasteiger partial charge in [0, 0.05) is 18.7 Å². The van der Waals surface area contributed by atoms with E-state index >= 15 is 0 Å². The molecule has 0 aromatic heterocycles. The Labute approximate surface area is 167 Å².